The number of carbonyl (C=O) groups excluding carboxylic acids is 1. The average molecular weight is 348 g/mol. The molecular formula is C22H17FO3. The molecule has 0 fully saturated rings. The minimum Gasteiger partial charge on any atom is -0.504 e. The molecule has 0 aromatic heterocycles. The lowest BCUT2D eigenvalue weighted by Crippen LogP contribution is -1.94. The molecule has 0 atom stereocenters. The second kappa shape index (κ2) is 7.66. The second-order valence-electron chi connectivity index (χ2n) is 5.72. The van der Waals surface area contributed by atoms with Crippen molar-refractivity contribution in [3.63, 3.8) is 0 Å². The number of carbonyl (C=O) groups is 1. The van der Waals surface area contributed by atoms with Crippen LogP contribution in [0.4, 0.5) is 4.39 Å². The van der Waals surface area contributed by atoms with E-state index in [1.54, 1.807) is 48.5 Å². The summed E-state index contributed by atoms with van der Waals surface area (Å²) in [6, 6.07) is 18.2. The van der Waals surface area contributed by atoms with Gasteiger partial charge in [-0.15, -0.1) is 0 Å². The van der Waals surface area contributed by atoms with Crippen molar-refractivity contribution >= 4 is 11.9 Å². The summed E-state index contributed by atoms with van der Waals surface area (Å²) >= 11 is 0. The molecule has 4 heteroatoms. The van der Waals surface area contributed by atoms with E-state index in [4.69, 9.17) is 4.74 Å². The highest BCUT2D eigenvalue weighted by atomic mass is 19.1. The number of phenolic OH excluding ortho intramolecular Hbond substituents is 1. The monoisotopic (exact) mass is 348 g/mol. The van der Waals surface area contributed by atoms with Crippen molar-refractivity contribution in [2.45, 2.75) is 0 Å². The Labute approximate surface area is 151 Å². The van der Waals surface area contributed by atoms with Crippen LogP contribution in [0.3, 0.4) is 0 Å². The molecule has 0 saturated heterocycles. The predicted molar refractivity (Wildman–Crippen MR) is 99.9 cm³/mol. The van der Waals surface area contributed by atoms with E-state index >= 15 is 0 Å². The summed E-state index contributed by atoms with van der Waals surface area (Å²) in [7, 11) is 1.47. The minimum absolute atomic E-state index is 0.00944. The summed E-state index contributed by atoms with van der Waals surface area (Å²) in [5, 5.41) is 9.78. The van der Waals surface area contributed by atoms with Gasteiger partial charge in [-0.3, -0.25) is 4.79 Å². The van der Waals surface area contributed by atoms with Crippen molar-refractivity contribution < 1.29 is 19.0 Å². The second-order valence-corrected chi connectivity index (χ2v) is 5.72. The number of phenols is 1. The number of rotatable bonds is 5. The maximum absolute atomic E-state index is 13.4. The van der Waals surface area contributed by atoms with Crippen LogP contribution in [0.15, 0.2) is 72.8 Å². The molecule has 1 N–H and O–H groups in total. The van der Waals surface area contributed by atoms with Crippen molar-refractivity contribution in [1.82, 2.24) is 0 Å². The summed E-state index contributed by atoms with van der Waals surface area (Å²) in [4.78, 5) is 12.4. The lowest BCUT2D eigenvalue weighted by atomic mass is 10.0. The number of halogens is 1. The molecule has 3 rings (SSSR count). The van der Waals surface area contributed by atoms with Crippen LogP contribution in [0.2, 0.25) is 0 Å². The van der Waals surface area contributed by atoms with Gasteiger partial charge in [0.1, 0.15) is 5.82 Å². The van der Waals surface area contributed by atoms with Crippen molar-refractivity contribution in [2.75, 3.05) is 7.11 Å². The Morgan fingerprint density at radius 1 is 1.00 bits per heavy atom. The molecule has 3 aromatic carbocycles. The SMILES string of the molecule is COc1ccc(/C=C/C(=O)c2cccc(-c3cccc(F)c3)c2)cc1O. The fraction of sp³-hybridized carbons (Fsp3) is 0.0455. The van der Waals surface area contributed by atoms with Gasteiger partial charge in [-0.25, -0.2) is 4.39 Å². The molecule has 0 aliphatic rings. The van der Waals surface area contributed by atoms with Crippen LogP contribution in [0, 0.1) is 5.82 Å². The highest BCUT2D eigenvalue weighted by Crippen LogP contribution is 2.27. The van der Waals surface area contributed by atoms with E-state index in [9.17, 15) is 14.3 Å². The number of aromatic hydroxyl groups is 1. The van der Waals surface area contributed by atoms with Crippen LogP contribution in [0.5, 0.6) is 11.5 Å². The van der Waals surface area contributed by atoms with Gasteiger partial charge in [0.2, 0.25) is 0 Å². The van der Waals surface area contributed by atoms with Crippen molar-refractivity contribution in [3.05, 3.63) is 89.8 Å². The van der Waals surface area contributed by atoms with E-state index in [-0.39, 0.29) is 17.3 Å². The Bertz CT molecular complexity index is 977. The Morgan fingerprint density at radius 2 is 1.73 bits per heavy atom. The molecule has 0 radical (unpaired) electrons. The standard InChI is InChI=1S/C22H17FO3/c1-26-22-11-9-15(12-21(22)25)8-10-20(24)18-6-2-4-16(13-18)17-5-3-7-19(23)14-17/h2-14,25H,1H3/b10-8+. The topological polar surface area (TPSA) is 46.5 Å². The third kappa shape index (κ3) is 3.98. The van der Waals surface area contributed by atoms with E-state index in [1.807, 2.05) is 6.07 Å². The summed E-state index contributed by atoms with van der Waals surface area (Å²) in [5.74, 6) is -0.122. The van der Waals surface area contributed by atoms with E-state index in [0.717, 1.165) is 5.56 Å². The maximum atomic E-state index is 13.4. The molecular weight excluding hydrogens is 331 g/mol. The first kappa shape index (κ1) is 17.4. The Balaban J connectivity index is 1.82. The van der Waals surface area contributed by atoms with Gasteiger partial charge in [0.05, 0.1) is 7.11 Å². The van der Waals surface area contributed by atoms with Gasteiger partial charge >= 0.3 is 0 Å². The molecule has 0 amide bonds. The third-order valence-electron chi connectivity index (χ3n) is 3.94. The molecule has 0 aliphatic carbocycles. The lowest BCUT2D eigenvalue weighted by Gasteiger charge is -2.04. The smallest absolute Gasteiger partial charge is 0.185 e. The predicted octanol–water partition coefficient (Wildman–Crippen LogP) is 5.10. The van der Waals surface area contributed by atoms with Crippen molar-refractivity contribution in [3.8, 4) is 22.6 Å². The van der Waals surface area contributed by atoms with Gasteiger partial charge in [0.15, 0.2) is 17.3 Å². The van der Waals surface area contributed by atoms with E-state index in [2.05, 4.69) is 0 Å². The number of ether oxygens (including phenoxy) is 1. The first-order valence-electron chi connectivity index (χ1n) is 8.02. The summed E-state index contributed by atoms with van der Waals surface area (Å²) in [5.41, 5.74) is 2.66. The summed E-state index contributed by atoms with van der Waals surface area (Å²) in [6.45, 7) is 0. The van der Waals surface area contributed by atoms with Gasteiger partial charge < -0.3 is 9.84 Å². The molecule has 0 heterocycles. The highest BCUT2D eigenvalue weighted by molar-refractivity contribution is 6.07. The number of benzene rings is 3. The van der Waals surface area contributed by atoms with Crippen LogP contribution in [-0.2, 0) is 0 Å². The fourth-order valence-corrected chi connectivity index (χ4v) is 2.60. The molecule has 0 bridgehead atoms. The largest absolute Gasteiger partial charge is 0.504 e. The molecule has 0 saturated carbocycles. The number of methoxy groups -OCH3 is 1. The van der Waals surface area contributed by atoms with Crippen molar-refractivity contribution in [1.29, 1.82) is 0 Å². The van der Waals surface area contributed by atoms with Gasteiger partial charge in [-0.2, -0.15) is 0 Å². The maximum Gasteiger partial charge on any atom is 0.185 e. The minimum atomic E-state index is -0.321. The lowest BCUT2D eigenvalue weighted by molar-refractivity contribution is 0.104. The Morgan fingerprint density at radius 3 is 2.42 bits per heavy atom. The number of hydrogen-bond donors (Lipinski definition) is 1. The molecule has 26 heavy (non-hydrogen) atoms. The Hall–Kier alpha value is -3.40. The van der Waals surface area contributed by atoms with Gasteiger partial charge in [0, 0.05) is 5.56 Å². The van der Waals surface area contributed by atoms with Crippen LogP contribution in [-0.4, -0.2) is 18.0 Å². The summed E-state index contributed by atoms with van der Waals surface area (Å²) in [6.07, 6.45) is 3.06. The molecule has 130 valence electrons. The zero-order chi connectivity index (χ0) is 18.5. The normalized spacial score (nSPS) is 10.8. The van der Waals surface area contributed by atoms with Crippen LogP contribution < -0.4 is 4.74 Å². The number of hydrogen-bond acceptors (Lipinski definition) is 3. The molecule has 0 spiro atoms. The van der Waals surface area contributed by atoms with Crippen LogP contribution >= 0.6 is 0 Å². The summed E-state index contributed by atoms with van der Waals surface area (Å²) < 4.78 is 18.4. The fourth-order valence-electron chi connectivity index (χ4n) is 2.60. The third-order valence-corrected chi connectivity index (χ3v) is 3.94. The first-order valence-corrected chi connectivity index (χ1v) is 8.02. The molecule has 0 unspecified atom stereocenters. The van der Waals surface area contributed by atoms with Gasteiger partial charge in [-0.05, 0) is 53.1 Å². The van der Waals surface area contributed by atoms with E-state index in [0.29, 0.717) is 22.4 Å². The average Bonchev–Trinajstić information content (AvgIpc) is 2.66. The zero-order valence-corrected chi connectivity index (χ0v) is 14.1. The Kier molecular flexibility index (Phi) is 5.13. The zero-order valence-electron chi connectivity index (χ0n) is 14.1. The molecule has 0 aliphatic heterocycles. The number of ketones is 1. The van der Waals surface area contributed by atoms with Gasteiger partial charge in [-0.1, -0.05) is 42.5 Å². The van der Waals surface area contributed by atoms with Crippen LogP contribution in [0.1, 0.15) is 15.9 Å². The van der Waals surface area contributed by atoms with E-state index < -0.39 is 0 Å². The quantitative estimate of drug-likeness (QED) is 0.515. The van der Waals surface area contributed by atoms with Crippen molar-refractivity contribution in [2.24, 2.45) is 0 Å². The highest BCUT2D eigenvalue weighted by Gasteiger charge is 2.06. The molecule has 3 aromatic rings. The first-order chi connectivity index (χ1) is 12.6. The van der Waals surface area contributed by atoms with Crippen LogP contribution in [0.25, 0.3) is 17.2 Å². The number of allylic oxidation sites excluding steroid dienone is 1. The van der Waals surface area contributed by atoms with Gasteiger partial charge in [0.25, 0.3) is 0 Å². The molecule has 3 nitrogen and oxygen atoms in total. The van der Waals surface area contributed by atoms with E-state index in [1.165, 1.54) is 31.4 Å².